The molecule has 32 heavy (non-hydrogen) atoms. The highest BCUT2D eigenvalue weighted by molar-refractivity contribution is 6.02. The van der Waals surface area contributed by atoms with Gasteiger partial charge in [-0.1, -0.05) is 12.1 Å². The zero-order valence-electron chi connectivity index (χ0n) is 16.3. The number of anilines is 1. The van der Waals surface area contributed by atoms with Crippen molar-refractivity contribution in [2.45, 2.75) is 13.5 Å². The lowest BCUT2D eigenvalue weighted by Gasteiger charge is -2.06. The maximum atomic E-state index is 12.4. The molecule has 3 aromatic rings. The third kappa shape index (κ3) is 4.67. The number of hydrogen-bond acceptors (Lipinski definition) is 9. The van der Waals surface area contributed by atoms with Crippen molar-refractivity contribution in [2.24, 2.45) is 0 Å². The maximum absolute atomic E-state index is 12.4. The summed E-state index contributed by atoms with van der Waals surface area (Å²) in [5.41, 5.74) is -1.59. The Morgan fingerprint density at radius 1 is 0.938 bits per heavy atom. The highest BCUT2D eigenvalue weighted by Crippen LogP contribution is 2.32. The molecule has 0 spiro atoms. The van der Waals surface area contributed by atoms with E-state index in [-0.39, 0.29) is 40.8 Å². The zero-order chi connectivity index (χ0) is 23.4. The molecule has 1 aromatic heterocycles. The number of nitrogens with one attached hydrogen (secondary N) is 1. The van der Waals surface area contributed by atoms with Gasteiger partial charge in [0.25, 0.3) is 17.3 Å². The number of ether oxygens (including phenoxy) is 1. The summed E-state index contributed by atoms with van der Waals surface area (Å²) < 4.78 is 10.7. The molecule has 1 heterocycles. The van der Waals surface area contributed by atoms with Gasteiger partial charge in [-0.25, -0.2) is 0 Å². The summed E-state index contributed by atoms with van der Waals surface area (Å²) in [7, 11) is 0. The number of rotatable bonds is 8. The Hall–Kier alpha value is -4.81. The van der Waals surface area contributed by atoms with Gasteiger partial charge in [0.2, 0.25) is 0 Å². The average molecular weight is 442 g/mol. The van der Waals surface area contributed by atoms with Crippen molar-refractivity contribution in [3.63, 3.8) is 0 Å². The summed E-state index contributed by atoms with van der Waals surface area (Å²) in [4.78, 5) is 43.6. The molecule has 1 amide bonds. The van der Waals surface area contributed by atoms with Crippen molar-refractivity contribution in [2.75, 3.05) is 5.32 Å². The molecule has 1 N–H and O–H groups in total. The quantitative estimate of drug-likeness (QED) is 0.396. The third-order valence-corrected chi connectivity index (χ3v) is 4.32. The van der Waals surface area contributed by atoms with Crippen LogP contribution in [0.25, 0.3) is 0 Å². The number of hydrogen-bond donors (Lipinski definition) is 1. The highest BCUT2D eigenvalue weighted by Gasteiger charge is 2.24. The van der Waals surface area contributed by atoms with E-state index in [2.05, 4.69) is 5.32 Å². The van der Waals surface area contributed by atoms with Gasteiger partial charge in [-0.15, -0.1) is 0 Å². The van der Waals surface area contributed by atoms with Gasteiger partial charge in [0.05, 0.1) is 20.5 Å². The number of amides is 1. The van der Waals surface area contributed by atoms with Crippen LogP contribution in [0.3, 0.4) is 0 Å². The van der Waals surface area contributed by atoms with E-state index in [1.807, 2.05) is 0 Å². The minimum atomic E-state index is -0.811. The van der Waals surface area contributed by atoms with E-state index in [0.29, 0.717) is 0 Å². The lowest BCUT2D eigenvalue weighted by atomic mass is 10.1. The fourth-order valence-corrected chi connectivity index (χ4v) is 2.78. The molecule has 13 heteroatoms. The Morgan fingerprint density at radius 2 is 1.53 bits per heavy atom. The molecule has 3 rings (SSSR count). The maximum Gasteiger partial charge on any atom is 0.310 e. The smallest absolute Gasteiger partial charge is 0.310 e. The molecule has 13 nitrogen and oxygen atoms in total. The van der Waals surface area contributed by atoms with Crippen LogP contribution in [0, 0.1) is 37.3 Å². The molecule has 2 aromatic carbocycles. The monoisotopic (exact) mass is 442 g/mol. The minimum Gasteiger partial charge on any atom is -0.479 e. The second kappa shape index (κ2) is 8.91. The van der Waals surface area contributed by atoms with Gasteiger partial charge in [-0.2, -0.15) is 0 Å². The first-order valence-electron chi connectivity index (χ1n) is 8.87. The van der Waals surface area contributed by atoms with Gasteiger partial charge < -0.3 is 14.5 Å². The van der Waals surface area contributed by atoms with Crippen molar-refractivity contribution in [3.8, 4) is 5.75 Å². The van der Waals surface area contributed by atoms with Crippen molar-refractivity contribution in [1.29, 1.82) is 0 Å². The second-order valence-electron chi connectivity index (χ2n) is 6.39. The highest BCUT2D eigenvalue weighted by atomic mass is 16.6. The number of para-hydroxylation sites is 2. The van der Waals surface area contributed by atoms with Crippen LogP contribution in [0.15, 0.2) is 52.9 Å². The van der Waals surface area contributed by atoms with E-state index in [9.17, 15) is 35.1 Å². The summed E-state index contributed by atoms with van der Waals surface area (Å²) >= 11 is 0. The van der Waals surface area contributed by atoms with E-state index in [0.717, 1.165) is 12.1 Å². The van der Waals surface area contributed by atoms with E-state index in [1.165, 1.54) is 37.3 Å². The van der Waals surface area contributed by atoms with Crippen LogP contribution in [0.1, 0.15) is 21.9 Å². The van der Waals surface area contributed by atoms with Crippen LogP contribution >= 0.6 is 0 Å². The fourth-order valence-electron chi connectivity index (χ4n) is 2.78. The first kappa shape index (κ1) is 21.9. The Balaban J connectivity index is 1.75. The number of carbonyl (C=O) groups is 1. The Labute approximate surface area is 178 Å². The van der Waals surface area contributed by atoms with Gasteiger partial charge in [0, 0.05) is 18.2 Å². The molecule has 164 valence electrons. The van der Waals surface area contributed by atoms with Crippen LogP contribution in [0.5, 0.6) is 5.75 Å². The van der Waals surface area contributed by atoms with Gasteiger partial charge in [-0.3, -0.25) is 35.1 Å². The molecule has 0 aliphatic carbocycles. The molecule has 0 saturated heterocycles. The van der Waals surface area contributed by atoms with E-state index >= 15 is 0 Å². The van der Waals surface area contributed by atoms with Crippen LogP contribution < -0.4 is 10.1 Å². The molecule has 0 fully saturated rings. The number of carbonyl (C=O) groups excluding carboxylic acids is 1. The summed E-state index contributed by atoms with van der Waals surface area (Å²) in [5.74, 6) is -0.820. The molecule has 0 aliphatic rings. The van der Waals surface area contributed by atoms with Crippen molar-refractivity contribution >= 4 is 28.7 Å². The van der Waals surface area contributed by atoms with Gasteiger partial charge in [0.1, 0.15) is 17.9 Å². The minimum absolute atomic E-state index is 0.0131. The van der Waals surface area contributed by atoms with Crippen LogP contribution in [0.2, 0.25) is 0 Å². The number of benzene rings is 2. The number of nitrogens with zero attached hydrogens (tertiary/aromatic N) is 3. The summed E-state index contributed by atoms with van der Waals surface area (Å²) in [6.07, 6.45) is 0. The third-order valence-electron chi connectivity index (χ3n) is 4.32. The van der Waals surface area contributed by atoms with Crippen LogP contribution in [-0.2, 0) is 6.61 Å². The Morgan fingerprint density at radius 3 is 2.12 bits per heavy atom. The lowest BCUT2D eigenvalue weighted by molar-refractivity contribution is -0.395. The second-order valence-corrected chi connectivity index (χ2v) is 6.39. The molecule has 0 aliphatic heterocycles. The molecule has 0 radical (unpaired) electrons. The molecule has 0 unspecified atom stereocenters. The van der Waals surface area contributed by atoms with E-state index in [4.69, 9.17) is 9.15 Å². The summed E-state index contributed by atoms with van der Waals surface area (Å²) in [6, 6.07) is 10.4. The van der Waals surface area contributed by atoms with Crippen molar-refractivity contribution < 1.29 is 28.7 Å². The van der Waals surface area contributed by atoms with Crippen LogP contribution in [0.4, 0.5) is 22.7 Å². The lowest BCUT2D eigenvalue weighted by Crippen LogP contribution is -2.12. The van der Waals surface area contributed by atoms with E-state index in [1.54, 1.807) is 6.07 Å². The summed E-state index contributed by atoms with van der Waals surface area (Å²) in [6.45, 7) is 1.03. The first-order chi connectivity index (χ1) is 15.2. The normalized spacial score (nSPS) is 10.4. The summed E-state index contributed by atoms with van der Waals surface area (Å²) in [5, 5.41) is 35.7. The van der Waals surface area contributed by atoms with Gasteiger partial charge in [0.15, 0.2) is 11.5 Å². The van der Waals surface area contributed by atoms with Crippen molar-refractivity contribution in [3.05, 3.63) is 96.0 Å². The van der Waals surface area contributed by atoms with Crippen LogP contribution in [-0.4, -0.2) is 20.7 Å². The predicted octanol–water partition coefficient (Wildman–Crippen LogP) is 4.14. The van der Waals surface area contributed by atoms with Crippen molar-refractivity contribution in [1.82, 2.24) is 0 Å². The number of nitro benzene ring substituents is 3. The Kier molecular flexibility index (Phi) is 6.09. The SMILES string of the molecule is Cc1c([N+](=O)[O-])cc(NC(=O)c2ccc(COc3ccccc3[N+](=O)[O-])o2)cc1[N+](=O)[O-]. The number of nitro groups is 3. The largest absolute Gasteiger partial charge is 0.479 e. The molecular weight excluding hydrogens is 428 g/mol. The predicted molar refractivity (Wildman–Crippen MR) is 109 cm³/mol. The molecular formula is C19H14N4O9. The number of furan rings is 1. The topological polar surface area (TPSA) is 181 Å². The molecule has 0 atom stereocenters. The van der Waals surface area contributed by atoms with Gasteiger partial charge in [-0.05, 0) is 25.1 Å². The fraction of sp³-hybridized carbons (Fsp3) is 0.105. The van der Waals surface area contributed by atoms with Gasteiger partial charge >= 0.3 is 5.69 Å². The zero-order valence-corrected chi connectivity index (χ0v) is 16.3. The molecule has 0 bridgehead atoms. The standard InChI is InChI=1S/C19H14N4O9/c1-11-15(22(27)28)8-12(9-16(11)23(29)30)20-19(24)18-7-6-13(32-18)10-31-17-5-3-2-4-14(17)21(25)26/h2-9H,10H2,1H3,(H,20,24). The Bertz CT molecular complexity index is 1200. The molecule has 0 saturated carbocycles. The van der Waals surface area contributed by atoms with E-state index < -0.39 is 32.1 Å². The average Bonchev–Trinajstić information content (AvgIpc) is 3.22. The first-order valence-corrected chi connectivity index (χ1v) is 8.87.